The van der Waals surface area contributed by atoms with Crippen LogP contribution in [0.15, 0.2) is 212 Å². The molecule has 0 N–H and O–H groups in total. The van der Waals surface area contributed by atoms with Gasteiger partial charge in [-0.25, -0.2) is 0 Å². The quantitative estimate of drug-likeness (QED) is 0.163. The SMILES string of the molecule is c1ccc(N(c2cccc(C3(c4ccccc4)c4ccccc4-c4ccccc43)c2)c2ccc3sc4ccc(-c5ccc6sc7ccccc7c6c5)cc4c3c2)cc1. The maximum atomic E-state index is 2.43. The first-order valence-electron chi connectivity index (χ1n) is 19.8. The Morgan fingerprint density at radius 2 is 0.793 bits per heavy atom. The van der Waals surface area contributed by atoms with Gasteiger partial charge in [-0.1, -0.05) is 140 Å². The molecule has 0 saturated heterocycles. The molecule has 0 atom stereocenters. The fraction of sp³-hybridized carbons (Fsp3) is 0.0182. The van der Waals surface area contributed by atoms with Crippen molar-refractivity contribution in [2.75, 3.05) is 4.90 Å². The van der Waals surface area contributed by atoms with Gasteiger partial charge in [-0.3, -0.25) is 0 Å². The molecule has 0 fully saturated rings. The zero-order valence-electron chi connectivity index (χ0n) is 31.5. The van der Waals surface area contributed by atoms with Crippen LogP contribution < -0.4 is 4.90 Å². The zero-order valence-corrected chi connectivity index (χ0v) is 33.1. The van der Waals surface area contributed by atoms with Gasteiger partial charge in [0.15, 0.2) is 0 Å². The highest BCUT2D eigenvalue weighted by atomic mass is 32.1. The molecule has 1 aliphatic carbocycles. The number of hydrogen-bond acceptors (Lipinski definition) is 3. The van der Waals surface area contributed by atoms with Crippen LogP contribution in [0.1, 0.15) is 22.3 Å². The Morgan fingerprint density at radius 3 is 1.48 bits per heavy atom. The van der Waals surface area contributed by atoms with Crippen molar-refractivity contribution >= 4 is 80.1 Å². The van der Waals surface area contributed by atoms with Crippen molar-refractivity contribution in [2.24, 2.45) is 0 Å². The predicted molar refractivity (Wildman–Crippen MR) is 250 cm³/mol. The van der Waals surface area contributed by atoms with Crippen LogP contribution in [0.5, 0.6) is 0 Å². The number of thiophene rings is 2. The Labute approximate surface area is 345 Å². The molecule has 0 bridgehead atoms. The minimum absolute atomic E-state index is 0.477. The number of hydrogen-bond donors (Lipinski definition) is 0. The van der Waals surface area contributed by atoms with Gasteiger partial charge in [0.25, 0.3) is 0 Å². The van der Waals surface area contributed by atoms with Crippen molar-refractivity contribution in [3.8, 4) is 22.3 Å². The van der Waals surface area contributed by atoms with E-state index in [4.69, 9.17) is 0 Å². The third-order valence-electron chi connectivity index (χ3n) is 12.1. The molecule has 3 heteroatoms. The molecule has 272 valence electrons. The van der Waals surface area contributed by atoms with E-state index in [-0.39, 0.29) is 0 Å². The van der Waals surface area contributed by atoms with Crippen LogP contribution in [0.3, 0.4) is 0 Å². The van der Waals surface area contributed by atoms with Gasteiger partial charge in [-0.2, -0.15) is 0 Å². The Bertz CT molecular complexity index is 3310. The topological polar surface area (TPSA) is 3.24 Å². The molecule has 2 heterocycles. The van der Waals surface area contributed by atoms with E-state index in [1.165, 1.54) is 84.9 Å². The molecule has 2 aromatic heterocycles. The highest BCUT2D eigenvalue weighted by Gasteiger charge is 2.46. The van der Waals surface area contributed by atoms with E-state index in [0.717, 1.165) is 17.1 Å². The van der Waals surface area contributed by atoms with Crippen LogP contribution >= 0.6 is 22.7 Å². The van der Waals surface area contributed by atoms with E-state index in [0.29, 0.717) is 0 Å². The summed E-state index contributed by atoms with van der Waals surface area (Å²) in [5.74, 6) is 0. The predicted octanol–water partition coefficient (Wildman–Crippen LogP) is 15.9. The largest absolute Gasteiger partial charge is 0.310 e. The van der Waals surface area contributed by atoms with Gasteiger partial charge in [0, 0.05) is 57.4 Å². The molecule has 0 unspecified atom stereocenters. The van der Waals surface area contributed by atoms with Gasteiger partial charge in [-0.15, -0.1) is 22.7 Å². The lowest BCUT2D eigenvalue weighted by Gasteiger charge is -2.35. The first kappa shape index (κ1) is 33.4. The molecular formula is C55H35NS2. The molecule has 58 heavy (non-hydrogen) atoms. The van der Waals surface area contributed by atoms with Crippen LogP contribution in [-0.2, 0) is 5.41 Å². The number of anilines is 3. The Morgan fingerprint density at radius 1 is 0.310 bits per heavy atom. The van der Waals surface area contributed by atoms with Crippen LogP contribution in [0.2, 0.25) is 0 Å². The molecule has 0 radical (unpaired) electrons. The van der Waals surface area contributed by atoms with Crippen molar-refractivity contribution in [1.82, 2.24) is 0 Å². The van der Waals surface area contributed by atoms with Crippen molar-refractivity contribution in [1.29, 1.82) is 0 Å². The monoisotopic (exact) mass is 773 g/mol. The first-order valence-corrected chi connectivity index (χ1v) is 21.5. The average Bonchev–Trinajstić information content (AvgIpc) is 3.95. The molecule has 0 saturated carbocycles. The number of rotatable bonds is 6. The average molecular weight is 774 g/mol. The molecular weight excluding hydrogens is 739 g/mol. The summed E-state index contributed by atoms with van der Waals surface area (Å²) in [6.45, 7) is 0. The molecule has 12 rings (SSSR count). The second kappa shape index (κ2) is 13.1. The minimum atomic E-state index is -0.477. The second-order valence-corrected chi connectivity index (χ2v) is 17.4. The van der Waals surface area contributed by atoms with Crippen LogP contribution in [0.4, 0.5) is 17.1 Å². The number of para-hydroxylation sites is 1. The standard InChI is InChI=1S/C55H35NS2/c1-3-14-38(15-4-1)55(49-23-10-7-20-43(49)44-21-8-11-24-50(44)55)39-16-13-19-41(34-39)56(40-17-5-2-6-18-40)42-28-31-54-48(35-42)47-33-37(27-30-53(47)58-54)36-26-29-52-46(32-36)45-22-9-12-25-51(45)57-52/h1-35H. The molecule has 1 aliphatic rings. The highest BCUT2D eigenvalue weighted by molar-refractivity contribution is 7.26. The van der Waals surface area contributed by atoms with E-state index in [1.807, 2.05) is 22.7 Å². The van der Waals surface area contributed by atoms with Crippen molar-refractivity contribution in [3.63, 3.8) is 0 Å². The number of nitrogens with zero attached hydrogens (tertiary/aromatic N) is 1. The van der Waals surface area contributed by atoms with Gasteiger partial charge in [0.2, 0.25) is 0 Å². The summed E-state index contributed by atoms with van der Waals surface area (Å²) in [4.78, 5) is 2.43. The Balaban J connectivity index is 1.03. The molecule has 0 amide bonds. The Kier molecular flexibility index (Phi) is 7.56. The molecule has 0 aliphatic heterocycles. The van der Waals surface area contributed by atoms with E-state index >= 15 is 0 Å². The van der Waals surface area contributed by atoms with Crippen LogP contribution in [0, 0.1) is 0 Å². The van der Waals surface area contributed by atoms with Crippen molar-refractivity contribution in [3.05, 3.63) is 235 Å². The fourth-order valence-electron chi connectivity index (χ4n) is 9.60. The number of fused-ring (bicyclic) bond motifs is 9. The maximum Gasteiger partial charge on any atom is 0.0714 e. The second-order valence-electron chi connectivity index (χ2n) is 15.2. The van der Waals surface area contributed by atoms with Crippen LogP contribution in [0.25, 0.3) is 62.6 Å². The van der Waals surface area contributed by atoms with Crippen LogP contribution in [-0.4, -0.2) is 0 Å². The fourth-order valence-corrected chi connectivity index (χ4v) is 11.8. The molecule has 1 nitrogen and oxygen atoms in total. The van der Waals surface area contributed by atoms with E-state index in [2.05, 4.69) is 217 Å². The third-order valence-corrected chi connectivity index (χ3v) is 14.4. The first-order chi connectivity index (χ1) is 28.7. The van der Waals surface area contributed by atoms with Gasteiger partial charge in [-0.05, 0) is 117 Å². The number of benzene rings is 9. The summed E-state index contributed by atoms with van der Waals surface area (Å²) in [7, 11) is 0. The normalized spacial score (nSPS) is 13.0. The molecule has 0 spiro atoms. The lowest BCUT2D eigenvalue weighted by atomic mass is 9.67. The van der Waals surface area contributed by atoms with Crippen molar-refractivity contribution in [2.45, 2.75) is 5.41 Å². The van der Waals surface area contributed by atoms with Gasteiger partial charge in [0.05, 0.1) is 5.41 Å². The summed E-state index contributed by atoms with van der Waals surface area (Å²) in [6.07, 6.45) is 0. The molecule has 9 aromatic carbocycles. The lowest BCUT2D eigenvalue weighted by molar-refractivity contribution is 0.768. The van der Waals surface area contributed by atoms with Crippen molar-refractivity contribution < 1.29 is 0 Å². The maximum absolute atomic E-state index is 2.43. The van der Waals surface area contributed by atoms with E-state index in [1.54, 1.807) is 0 Å². The Hall–Kier alpha value is -6.78. The van der Waals surface area contributed by atoms with Gasteiger partial charge >= 0.3 is 0 Å². The summed E-state index contributed by atoms with van der Waals surface area (Å²) in [5.41, 5.74) is 13.1. The summed E-state index contributed by atoms with van der Waals surface area (Å²) < 4.78 is 5.26. The third kappa shape index (κ3) is 5.00. The van der Waals surface area contributed by atoms with E-state index in [9.17, 15) is 0 Å². The smallest absolute Gasteiger partial charge is 0.0714 e. The summed E-state index contributed by atoms with van der Waals surface area (Å²) in [5, 5.41) is 5.23. The summed E-state index contributed by atoms with van der Waals surface area (Å²) >= 11 is 3.74. The van der Waals surface area contributed by atoms with E-state index < -0.39 is 5.41 Å². The van der Waals surface area contributed by atoms with Gasteiger partial charge in [0.1, 0.15) is 0 Å². The summed E-state index contributed by atoms with van der Waals surface area (Å²) in [6, 6.07) is 78.8. The lowest BCUT2D eigenvalue weighted by Crippen LogP contribution is -2.28. The molecule has 11 aromatic rings. The zero-order chi connectivity index (χ0) is 38.2. The van der Waals surface area contributed by atoms with Gasteiger partial charge < -0.3 is 4.90 Å². The highest BCUT2D eigenvalue weighted by Crippen LogP contribution is 2.56. The minimum Gasteiger partial charge on any atom is -0.310 e.